The first-order valence-corrected chi connectivity index (χ1v) is 12.2. The van der Waals surface area contributed by atoms with Crippen molar-refractivity contribution in [3.8, 4) is 0 Å². The molecule has 0 spiro atoms. The standard InChI is InChI=1S/C28H21ClF3N3O5/c1-15(2)40-27(39)17-8-6-10-19(14-17)35-25(37)22(29)23(26(35)38)33-18-9-5-7-16(13-18)24(36)34-21-12-4-3-11-20(21)28(30,31)32/h3-15,33H,1-2H3,(H,34,36). The molecule has 0 atom stereocenters. The maximum Gasteiger partial charge on any atom is 0.418 e. The zero-order chi connectivity index (χ0) is 29.2. The fourth-order valence-corrected chi connectivity index (χ4v) is 4.03. The molecule has 40 heavy (non-hydrogen) atoms. The number of carbonyl (C=O) groups is 4. The minimum Gasteiger partial charge on any atom is -0.459 e. The molecule has 12 heteroatoms. The summed E-state index contributed by atoms with van der Waals surface area (Å²) in [5.74, 6) is -3.14. The van der Waals surface area contributed by atoms with Crippen LogP contribution in [0.4, 0.5) is 30.2 Å². The van der Waals surface area contributed by atoms with E-state index >= 15 is 0 Å². The van der Waals surface area contributed by atoms with Gasteiger partial charge in [-0.25, -0.2) is 9.69 Å². The molecule has 0 saturated carbocycles. The summed E-state index contributed by atoms with van der Waals surface area (Å²) in [6.45, 7) is 3.36. The highest BCUT2D eigenvalue weighted by atomic mass is 35.5. The number of imide groups is 1. The van der Waals surface area contributed by atoms with Crippen molar-refractivity contribution in [2.45, 2.75) is 26.1 Å². The molecule has 0 aliphatic carbocycles. The summed E-state index contributed by atoms with van der Waals surface area (Å²) in [6, 6.07) is 15.8. The molecule has 0 bridgehead atoms. The third-order valence-corrected chi connectivity index (χ3v) is 5.94. The van der Waals surface area contributed by atoms with Gasteiger partial charge in [-0.3, -0.25) is 14.4 Å². The monoisotopic (exact) mass is 571 g/mol. The summed E-state index contributed by atoms with van der Waals surface area (Å²) in [7, 11) is 0. The van der Waals surface area contributed by atoms with Gasteiger partial charge in [0.15, 0.2) is 0 Å². The summed E-state index contributed by atoms with van der Waals surface area (Å²) >= 11 is 6.19. The molecule has 0 aromatic heterocycles. The van der Waals surface area contributed by atoms with Gasteiger partial charge in [0.2, 0.25) is 0 Å². The number of carbonyl (C=O) groups excluding carboxylic acids is 4. The van der Waals surface area contributed by atoms with E-state index in [9.17, 15) is 32.3 Å². The van der Waals surface area contributed by atoms with Crippen LogP contribution in [0.5, 0.6) is 0 Å². The third kappa shape index (κ3) is 5.99. The van der Waals surface area contributed by atoms with Crippen LogP contribution in [0.15, 0.2) is 83.5 Å². The van der Waals surface area contributed by atoms with Crippen molar-refractivity contribution in [2.24, 2.45) is 0 Å². The molecule has 0 saturated heterocycles. The van der Waals surface area contributed by atoms with Crippen LogP contribution in [-0.2, 0) is 20.5 Å². The quantitative estimate of drug-likeness (QED) is 0.268. The molecule has 0 unspecified atom stereocenters. The lowest BCUT2D eigenvalue weighted by Crippen LogP contribution is -2.32. The normalized spacial score (nSPS) is 13.6. The van der Waals surface area contributed by atoms with E-state index in [1.165, 1.54) is 60.7 Å². The van der Waals surface area contributed by atoms with Crippen LogP contribution in [-0.4, -0.2) is 29.8 Å². The average Bonchev–Trinajstić information content (AvgIpc) is 3.11. The first kappa shape index (κ1) is 28.4. The molecule has 206 valence electrons. The lowest BCUT2D eigenvalue weighted by Gasteiger charge is -2.16. The summed E-state index contributed by atoms with van der Waals surface area (Å²) < 4.78 is 45.1. The van der Waals surface area contributed by atoms with Gasteiger partial charge in [-0.05, 0) is 62.4 Å². The molecular formula is C28H21ClF3N3O5. The van der Waals surface area contributed by atoms with Gasteiger partial charge < -0.3 is 15.4 Å². The summed E-state index contributed by atoms with van der Waals surface area (Å²) in [6.07, 6.45) is -5.05. The molecule has 4 rings (SSSR count). The van der Waals surface area contributed by atoms with Crippen LogP contribution >= 0.6 is 11.6 Å². The zero-order valence-electron chi connectivity index (χ0n) is 21.0. The van der Waals surface area contributed by atoms with Crippen LogP contribution in [0.2, 0.25) is 0 Å². The Labute approximate surface area is 231 Å². The molecule has 1 heterocycles. The van der Waals surface area contributed by atoms with Crippen LogP contribution in [0.1, 0.15) is 40.1 Å². The van der Waals surface area contributed by atoms with Gasteiger partial charge in [0.25, 0.3) is 17.7 Å². The second kappa shape index (κ2) is 11.2. The molecule has 8 nitrogen and oxygen atoms in total. The maximum atomic E-state index is 13.3. The van der Waals surface area contributed by atoms with Gasteiger partial charge in [-0.1, -0.05) is 35.9 Å². The van der Waals surface area contributed by atoms with E-state index in [-0.39, 0.29) is 34.3 Å². The average molecular weight is 572 g/mol. The topological polar surface area (TPSA) is 105 Å². The van der Waals surface area contributed by atoms with Crippen molar-refractivity contribution in [1.82, 2.24) is 0 Å². The number of nitrogens with one attached hydrogen (secondary N) is 2. The number of esters is 1. The van der Waals surface area contributed by atoms with Crippen LogP contribution < -0.4 is 15.5 Å². The van der Waals surface area contributed by atoms with E-state index in [4.69, 9.17) is 16.3 Å². The van der Waals surface area contributed by atoms with Gasteiger partial charge in [0, 0.05) is 11.3 Å². The number of para-hydroxylation sites is 1. The Hall–Kier alpha value is -4.64. The van der Waals surface area contributed by atoms with E-state index in [0.717, 1.165) is 17.0 Å². The largest absolute Gasteiger partial charge is 0.459 e. The van der Waals surface area contributed by atoms with Gasteiger partial charge in [-0.15, -0.1) is 0 Å². The van der Waals surface area contributed by atoms with E-state index in [1.54, 1.807) is 13.8 Å². The second-order valence-electron chi connectivity index (χ2n) is 8.84. The minimum atomic E-state index is -4.67. The van der Waals surface area contributed by atoms with Gasteiger partial charge >= 0.3 is 12.1 Å². The Bertz CT molecular complexity index is 1550. The Morgan fingerprint density at radius 3 is 2.27 bits per heavy atom. The number of anilines is 3. The Morgan fingerprint density at radius 1 is 0.900 bits per heavy atom. The van der Waals surface area contributed by atoms with Crippen molar-refractivity contribution in [3.63, 3.8) is 0 Å². The number of amides is 3. The summed E-state index contributed by atoms with van der Waals surface area (Å²) in [5, 5.41) is 4.52. The van der Waals surface area contributed by atoms with E-state index in [2.05, 4.69) is 10.6 Å². The van der Waals surface area contributed by atoms with Gasteiger partial charge in [-0.2, -0.15) is 13.2 Å². The molecule has 1 aliphatic rings. The fourth-order valence-electron chi connectivity index (χ4n) is 3.82. The fraction of sp³-hybridized carbons (Fsp3) is 0.143. The number of ether oxygens (including phenoxy) is 1. The number of alkyl halides is 3. The van der Waals surface area contributed by atoms with Crippen LogP contribution in [0, 0.1) is 0 Å². The third-order valence-electron chi connectivity index (χ3n) is 5.58. The number of hydrogen-bond acceptors (Lipinski definition) is 6. The number of rotatable bonds is 7. The van der Waals surface area contributed by atoms with Crippen molar-refractivity contribution in [1.29, 1.82) is 0 Å². The molecule has 2 N–H and O–H groups in total. The number of halogens is 4. The van der Waals surface area contributed by atoms with Crippen LogP contribution in [0.25, 0.3) is 0 Å². The van der Waals surface area contributed by atoms with Crippen molar-refractivity contribution < 1.29 is 37.1 Å². The molecule has 3 amide bonds. The van der Waals surface area contributed by atoms with Gasteiger partial charge in [0.1, 0.15) is 10.7 Å². The van der Waals surface area contributed by atoms with Crippen LogP contribution in [0.3, 0.4) is 0 Å². The zero-order valence-corrected chi connectivity index (χ0v) is 21.8. The maximum absolute atomic E-state index is 13.3. The molecule has 1 aliphatic heterocycles. The highest BCUT2D eigenvalue weighted by Gasteiger charge is 2.39. The van der Waals surface area contributed by atoms with Crippen molar-refractivity contribution >= 4 is 52.4 Å². The minimum absolute atomic E-state index is 0.0244. The highest BCUT2D eigenvalue weighted by Crippen LogP contribution is 2.35. The predicted molar refractivity (Wildman–Crippen MR) is 142 cm³/mol. The predicted octanol–water partition coefficient (Wildman–Crippen LogP) is 5.96. The number of benzene rings is 3. The smallest absolute Gasteiger partial charge is 0.418 e. The van der Waals surface area contributed by atoms with E-state index < -0.39 is 46.2 Å². The first-order valence-electron chi connectivity index (χ1n) is 11.8. The molecule has 0 radical (unpaired) electrons. The lowest BCUT2D eigenvalue weighted by atomic mass is 10.1. The Kier molecular flexibility index (Phi) is 7.96. The first-order chi connectivity index (χ1) is 18.9. The van der Waals surface area contributed by atoms with Crippen molar-refractivity contribution in [3.05, 3.63) is 100 Å². The lowest BCUT2D eigenvalue weighted by molar-refractivity contribution is -0.137. The van der Waals surface area contributed by atoms with Crippen molar-refractivity contribution in [2.75, 3.05) is 15.5 Å². The van der Waals surface area contributed by atoms with E-state index in [1.807, 2.05) is 0 Å². The SMILES string of the molecule is CC(C)OC(=O)c1cccc(N2C(=O)C(Cl)=C(Nc3cccc(C(=O)Nc4ccccc4C(F)(F)F)c3)C2=O)c1. The molecule has 3 aromatic rings. The summed E-state index contributed by atoms with van der Waals surface area (Å²) in [4.78, 5) is 51.8. The second-order valence-corrected chi connectivity index (χ2v) is 9.22. The Balaban J connectivity index is 1.54. The number of nitrogens with zero attached hydrogens (tertiary/aromatic N) is 1. The molecular weight excluding hydrogens is 551 g/mol. The Morgan fingerprint density at radius 2 is 1.57 bits per heavy atom. The molecule has 3 aromatic carbocycles. The highest BCUT2D eigenvalue weighted by molar-refractivity contribution is 6.53. The van der Waals surface area contributed by atoms with Gasteiger partial charge in [0.05, 0.1) is 28.6 Å². The summed E-state index contributed by atoms with van der Waals surface area (Å²) in [5.41, 5.74) is -1.37. The van der Waals surface area contributed by atoms with E-state index in [0.29, 0.717) is 0 Å². The molecule has 0 fully saturated rings. The number of hydrogen-bond donors (Lipinski definition) is 2.